The van der Waals surface area contributed by atoms with E-state index in [1.807, 2.05) is 33.0 Å². The lowest BCUT2D eigenvalue weighted by Gasteiger charge is -2.61. The summed E-state index contributed by atoms with van der Waals surface area (Å²) in [5, 5.41) is 14.9. The number of nitrogens with one attached hydrogen (secondary N) is 1. The number of esters is 2. The Morgan fingerprint density at radius 3 is 2.73 bits per heavy atom. The second-order valence-electron chi connectivity index (χ2n) is 12.1. The van der Waals surface area contributed by atoms with Gasteiger partial charge in [-0.25, -0.2) is 4.79 Å². The molecule has 0 saturated carbocycles. The van der Waals surface area contributed by atoms with Gasteiger partial charge in [0.15, 0.2) is 23.7 Å². The Kier molecular flexibility index (Phi) is 7.82. The topological polar surface area (TPSA) is 150 Å². The van der Waals surface area contributed by atoms with E-state index >= 15 is 0 Å². The molecule has 1 aromatic rings. The molecule has 224 valence electrons. The molecule has 1 fully saturated rings. The average molecular weight is 572 g/mol. The number of rotatable bonds is 10. The number of methoxy groups -OCH3 is 1. The van der Waals surface area contributed by atoms with Crippen LogP contribution in [0.15, 0.2) is 24.0 Å². The molecule has 11 nitrogen and oxygen atoms in total. The predicted octanol–water partition coefficient (Wildman–Crippen LogP) is 1.33. The fourth-order valence-corrected chi connectivity index (χ4v) is 7.12. The van der Waals surface area contributed by atoms with Crippen LogP contribution in [0.2, 0.25) is 0 Å². The molecule has 0 aromatic heterocycles. The van der Waals surface area contributed by atoms with Crippen LogP contribution in [0.1, 0.15) is 57.6 Å². The zero-order valence-corrected chi connectivity index (χ0v) is 24.4. The van der Waals surface area contributed by atoms with E-state index in [1.54, 1.807) is 13.2 Å². The number of nitrogens with zero attached hydrogens (tertiary/aromatic N) is 1. The molecule has 11 heteroatoms. The quantitative estimate of drug-likeness (QED) is 0.351. The first-order valence-corrected chi connectivity index (χ1v) is 14.4. The van der Waals surface area contributed by atoms with Gasteiger partial charge in [0.1, 0.15) is 5.76 Å². The van der Waals surface area contributed by atoms with E-state index in [0.29, 0.717) is 36.5 Å². The number of amides is 1. The van der Waals surface area contributed by atoms with Gasteiger partial charge in [-0.1, -0.05) is 19.9 Å². The molecule has 2 heterocycles. The fraction of sp³-hybridized carbons (Fsp3) is 0.633. The molecule has 1 aromatic carbocycles. The zero-order chi connectivity index (χ0) is 29.7. The lowest BCUT2D eigenvalue weighted by atomic mass is 9.50. The Labute approximate surface area is 240 Å². The van der Waals surface area contributed by atoms with Crippen LogP contribution in [-0.2, 0) is 35.7 Å². The molecule has 5 rings (SSSR count). The minimum absolute atomic E-state index is 0.0471. The molecule has 1 spiro atoms. The molecule has 0 radical (unpaired) electrons. The summed E-state index contributed by atoms with van der Waals surface area (Å²) in [4.78, 5) is 39.7. The number of likely N-dealkylation sites (tertiary alicyclic amines) is 1. The van der Waals surface area contributed by atoms with E-state index in [4.69, 9.17) is 24.7 Å². The van der Waals surface area contributed by atoms with E-state index in [9.17, 15) is 19.5 Å². The van der Waals surface area contributed by atoms with Crippen LogP contribution >= 0.6 is 0 Å². The van der Waals surface area contributed by atoms with Crippen molar-refractivity contribution in [2.45, 2.75) is 88.2 Å². The number of nitrogens with two attached hydrogens (primary N) is 1. The summed E-state index contributed by atoms with van der Waals surface area (Å²) in [6.07, 6.45) is 1.79. The molecular formula is C30H41N3O8. The third-order valence-corrected chi connectivity index (χ3v) is 9.11. The lowest BCUT2D eigenvalue weighted by molar-refractivity contribution is -0.175. The summed E-state index contributed by atoms with van der Waals surface area (Å²) in [7, 11) is 3.60. The number of likely N-dealkylation sites (N-methyl/N-ethyl adjacent to an activating group) is 1. The highest BCUT2D eigenvalue weighted by molar-refractivity contribution is 5.83. The summed E-state index contributed by atoms with van der Waals surface area (Å²) in [6, 6.07) is 3.13. The van der Waals surface area contributed by atoms with E-state index in [0.717, 1.165) is 17.7 Å². The standard InChI is InChI=1S/C30H41N3O8/c1-16(2)14-19(31)27(35)32-12-9-23(34)39-17(3)28(36)40-21-8-10-30(37)22-15-18-6-7-20(38-5)25-24(18)29(30,26(21)41-25)11-13-33(22)4/h6-8,16-17,19,22,26,37H,9-15,31H2,1-5H3,(H,32,35)/t17-,19-,22-,26+,29+,30-/m0/s1. The van der Waals surface area contributed by atoms with E-state index in [2.05, 4.69) is 10.2 Å². The smallest absolute Gasteiger partial charge is 0.352 e. The number of aliphatic hydroxyl groups is 1. The molecule has 2 aliphatic carbocycles. The highest BCUT2D eigenvalue weighted by Crippen LogP contribution is 2.65. The van der Waals surface area contributed by atoms with Gasteiger partial charge in [-0.2, -0.15) is 0 Å². The molecule has 2 aliphatic heterocycles. The molecule has 1 saturated heterocycles. The normalized spacial score (nSPS) is 29.0. The van der Waals surface area contributed by atoms with Gasteiger partial charge in [-0.15, -0.1) is 0 Å². The van der Waals surface area contributed by atoms with Gasteiger partial charge in [0, 0.05) is 24.6 Å². The van der Waals surface area contributed by atoms with E-state index in [1.165, 1.54) is 6.92 Å². The maximum atomic E-state index is 13.1. The Morgan fingerprint density at radius 1 is 1.27 bits per heavy atom. The molecular weight excluding hydrogens is 530 g/mol. The number of hydrogen-bond acceptors (Lipinski definition) is 10. The van der Waals surface area contributed by atoms with E-state index < -0.39 is 41.2 Å². The number of hydrogen-bond donors (Lipinski definition) is 3. The number of piperidine rings is 1. The van der Waals surface area contributed by atoms with Crippen molar-refractivity contribution in [2.75, 3.05) is 27.2 Å². The van der Waals surface area contributed by atoms with Crippen LogP contribution in [0.25, 0.3) is 0 Å². The van der Waals surface area contributed by atoms with Crippen molar-refractivity contribution in [2.24, 2.45) is 11.7 Å². The largest absolute Gasteiger partial charge is 0.493 e. The van der Waals surface area contributed by atoms with Crippen LogP contribution < -0.4 is 20.5 Å². The summed E-state index contributed by atoms with van der Waals surface area (Å²) >= 11 is 0. The van der Waals surface area contributed by atoms with Gasteiger partial charge in [-0.05, 0) is 63.4 Å². The van der Waals surface area contributed by atoms with Gasteiger partial charge in [0.25, 0.3) is 0 Å². The Bertz CT molecular complexity index is 1260. The van der Waals surface area contributed by atoms with Gasteiger partial charge < -0.3 is 40.0 Å². The maximum absolute atomic E-state index is 13.1. The molecule has 41 heavy (non-hydrogen) atoms. The monoisotopic (exact) mass is 571 g/mol. The van der Waals surface area contributed by atoms with Gasteiger partial charge in [0.2, 0.25) is 5.91 Å². The van der Waals surface area contributed by atoms with Gasteiger partial charge in [-0.3, -0.25) is 9.59 Å². The SMILES string of the molecule is COc1ccc2c3c1O[C@@H]1C(OC(=O)[C@H](C)OC(=O)CCNC(=O)[C@@H](N)CC(C)C)=CC[C@]4(O)[C@H](C2)N(C)CC[C@@]314. The summed E-state index contributed by atoms with van der Waals surface area (Å²) in [6.45, 7) is 6.18. The van der Waals surface area contributed by atoms with Crippen LogP contribution in [0.3, 0.4) is 0 Å². The van der Waals surface area contributed by atoms with Crippen molar-refractivity contribution in [3.8, 4) is 11.5 Å². The molecule has 4 aliphatic rings. The lowest BCUT2D eigenvalue weighted by Crippen LogP contribution is -2.74. The van der Waals surface area contributed by atoms with Crippen molar-refractivity contribution >= 4 is 17.8 Å². The first-order valence-electron chi connectivity index (χ1n) is 14.4. The van der Waals surface area contributed by atoms with Crippen molar-refractivity contribution in [3.63, 3.8) is 0 Å². The zero-order valence-electron chi connectivity index (χ0n) is 24.4. The predicted molar refractivity (Wildman–Crippen MR) is 148 cm³/mol. The van der Waals surface area contributed by atoms with Crippen molar-refractivity contribution in [1.29, 1.82) is 0 Å². The van der Waals surface area contributed by atoms with Crippen molar-refractivity contribution in [3.05, 3.63) is 35.1 Å². The summed E-state index contributed by atoms with van der Waals surface area (Å²) in [5.74, 6) is -0.0229. The average Bonchev–Trinajstić information content (AvgIpc) is 3.27. The third kappa shape index (κ3) is 4.77. The van der Waals surface area contributed by atoms with Gasteiger partial charge >= 0.3 is 11.9 Å². The highest BCUT2D eigenvalue weighted by atomic mass is 16.6. The molecule has 0 unspecified atom stereocenters. The number of benzene rings is 1. The second kappa shape index (κ2) is 10.9. The molecule has 2 bridgehead atoms. The second-order valence-corrected chi connectivity index (χ2v) is 12.1. The van der Waals surface area contributed by atoms with Crippen molar-refractivity contribution < 1.29 is 38.4 Å². The summed E-state index contributed by atoms with van der Waals surface area (Å²) < 4.78 is 23.2. The maximum Gasteiger partial charge on any atom is 0.352 e. The molecule has 1 amide bonds. The first kappa shape index (κ1) is 29.3. The van der Waals surface area contributed by atoms with Crippen LogP contribution in [0, 0.1) is 5.92 Å². The Hall–Kier alpha value is -3.15. The fourth-order valence-electron chi connectivity index (χ4n) is 7.12. The number of carbonyl (C=O) groups excluding carboxylic acids is 3. The number of carbonyl (C=O) groups is 3. The number of ether oxygens (including phenoxy) is 4. The molecule has 4 N–H and O–H groups in total. The van der Waals surface area contributed by atoms with Crippen LogP contribution in [-0.4, -0.2) is 85.0 Å². The van der Waals surface area contributed by atoms with E-state index in [-0.39, 0.29) is 37.3 Å². The van der Waals surface area contributed by atoms with Gasteiger partial charge in [0.05, 0.1) is 30.6 Å². The minimum Gasteiger partial charge on any atom is -0.493 e. The Morgan fingerprint density at radius 2 is 2.02 bits per heavy atom. The minimum atomic E-state index is -1.19. The van der Waals surface area contributed by atoms with Crippen LogP contribution in [0.5, 0.6) is 11.5 Å². The highest BCUT2D eigenvalue weighted by Gasteiger charge is 2.72. The summed E-state index contributed by atoms with van der Waals surface area (Å²) in [5.41, 5.74) is 5.97. The Balaban J connectivity index is 1.27. The molecule has 6 atom stereocenters. The first-order chi connectivity index (χ1) is 19.4. The van der Waals surface area contributed by atoms with Crippen LogP contribution in [0.4, 0.5) is 0 Å². The third-order valence-electron chi connectivity index (χ3n) is 9.11. The van der Waals surface area contributed by atoms with Crippen molar-refractivity contribution in [1.82, 2.24) is 10.2 Å².